The minimum Gasteiger partial charge on any atom is -0.394 e. The maximum Gasteiger partial charge on any atom is 0.220 e. The monoisotopic (exact) mass is 912 g/mol. The molecule has 0 aliphatic heterocycles. The largest absolute Gasteiger partial charge is 0.394 e. The molecular weight excluding hydrogens is 807 g/mol. The first kappa shape index (κ1) is 62.8. The second-order valence-corrected chi connectivity index (χ2v) is 18.3. The fourth-order valence-electron chi connectivity index (χ4n) is 7.80. The Balaban J connectivity index is 3.67. The van der Waals surface area contributed by atoms with Crippen LogP contribution in [0.1, 0.15) is 245 Å². The van der Waals surface area contributed by atoms with E-state index in [1.165, 1.54) is 122 Å². The third-order valence-electron chi connectivity index (χ3n) is 12.0. The molecule has 0 aromatic heterocycles. The van der Waals surface area contributed by atoms with Crippen LogP contribution < -0.4 is 5.32 Å². The van der Waals surface area contributed by atoms with Crippen LogP contribution in [0.3, 0.4) is 0 Å². The standard InChI is InChI=1S/C62H105NO3/c1-3-5-7-9-11-13-15-17-19-21-23-25-26-27-28-29-30-31-32-33-34-35-36-38-40-42-44-46-48-50-52-54-56-58-62(66)63-60(59-64)61(65)57-55-53-51-49-47-45-43-41-39-37-24-22-20-18-16-14-12-10-8-6-4-2/h5,7,11,13,17,19,23,25,27-28,30-31,33-34,36,38,42,44,48,50,60-61,64-65H,3-4,6,8-10,12,14-16,18,20-22,24,26,29,32,35,37,39-41,43,45-47,49,51-59H2,1-2H3,(H,63,66)/b7-5-,13-11-,19-17-,25-23-,28-27-,31-30-,34-33-,38-36-,44-42-,50-48-. The third kappa shape index (κ3) is 51.8. The van der Waals surface area contributed by atoms with Crippen molar-refractivity contribution in [3.63, 3.8) is 0 Å². The lowest BCUT2D eigenvalue weighted by Gasteiger charge is -2.22. The van der Waals surface area contributed by atoms with Gasteiger partial charge >= 0.3 is 0 Å². The minimum absolute atomic E-state index is 0.0766. The van der Waals surface area contributed by atoms with E-state index >= 15 is 0 Å². The smallest absolute Gasteiger partial charge is 0.220 e. The Bertz CT molecular complexity index is 1310. The van der Waals surface area contributed by atoms with E-state index in [1.807, 2.05) is 0 Å². The van der Waals surface area contributed by atoms with Gasteiger partial charge in [0.05, 0.1) is 18.8 Å². The van der Waals surface area contributed by atoms with Gasteiger partial charge in [-0.1, -0.05) is 270 Å². The van der Waals surface area contributed by atoms with Gasteiger partial charge in [-0.2, -0.15) is 0 Å². The van der Waals surface area contributed by atoms with E-state index in [2.05, 4.69) is 141 Å². The second kappa shape index (κ2) is 56.1. The number of hydrogen-bond acceptors (Lipinski definition) is 3. The van der Waals surface area contributed by atoms with E-state index in [0.29, 0.717) is 12.8 Å². The Hall–Kier alpha value is -3.21. The van der Waals surface area contributed by atoms with Gasteiger partial charge in [-0.3, -0.25) is 4.79 Å². The zero-order valence-corrected chi connectivity index (χ0v) is 43.2. The van der Waals surface area contributed by atoms with Crippen LogP contribution in [0.25, 0.3) is 0 Å². The molecular formula is C62H105NO3. The highest BCUT2D eigenvalue weighted by Gasteiger charge is 2.20. The molecule has 0 radical (unpaired) electrons. The second-order valence-electron chi connectivity index (χ2n) is 18.3. The van der Waals surface area contributed by atoms with Crippen molar-refractivity contribution in [1.29, 1.82) is 0 Å². The molecule has 0 spiro atoms. The minimum atomic E-state index is -0.688. The Morgan fingerprint density at radius 1 is 0.379 bits per heavy atom. The fraction of sp³-hybridized carbons (Fsp3) is 0.661. The molecule has 376 valence electrons. The molecule has 0 aromatic rings. The van der Waals surface area contributed by atoms with Crippen molar-refractivity contribution in [3.8, 4) is 0 Å². The number of hydrogen-bond donors (Lipinski definition) is 3. The van der Waals surface area contributed by atoms with Gasteiger partial charge in [0.2, 0.25) is 5.91 Å². The lowest BCUT2D eigenvalue weighted by atomic mass is 10.0. The molecule has 4 nitrogen and oxygen atoms in total. The molecule has 1 amide bonds. The first-order valence-corrected chi connectivity index (χ1v) is 27.7. The predicted octanol–water partition coefficient (Wildman–Crippen LogP) is 18.5. The summed E-state index contributed by atoms with van der Waals surface area (Å²) in [5.41, 5.74) is 0. The van der Waals surface area contributed by atoms with Crippen molar-refractivity contribution in [2.45, 2.75) is 257 Å². The van der Waals surface area contributed by atoms with Crippen molar-refractivity contribution >= 4 is 5.91 Å². The van der Waals surface area contributed by atoms with Crippen LogP contribution in [0.2, 0.25) is 0 Å². The number of amides is 1. The number of aliphatic hydroxyl groups is 2. The van der Waals surface area contributed by atoms with E-state index in [-0.39, 0.29) is 12.5 Å². The summed E-state index contributed by atoms with van der Waals surface area (Å²) in [4.78, 5) is 12.5. The predicted molar refractivity (Wildman–Crippen MR) is 294 cm³/mol. The molecule has 0 saturated heterocycles. The quantitative estimate of drug-likeness (QED) is 0.0421. The van der Waals surface area contributed by atoms with Crippen molar-refractivity contribution in [2.24, 2.45) is 0 Å². The Labute approximate surface area is 409 Å². The fourth-order valence-corrected chi connectivity index (χ4v) is 7.80. The van der Waals surface area contributed by atoms with Crippen molar-refractivity contribution in [3.05, 3.63) is 122 Å². The molecule has 3 N–H and O–H groups in total. The average Bonchev–Trinajstić information content (AvgIpc) is 3.32. The molecule has 0 aliphatic rings. The van der Waals surface area contributed by atoms with Gasteiger partial charge in [0.15, 0.2) is 0 Å². The Morgan fingerprint density at radius 2 is 0.667 bits per heavy atom. The van der Waals surface area contributed by atoms with E-state index in [1.54, 1.807) is 0 Å². The molecule has 2 unspecified atom stereocenters. The summed E-state index contributed by atoms with van der Waals surface area (Å²) in [6.45, 7) is 4.23. The van der Waals surface area contributed by atoms with Crippen LogP contribution in [-0.4, -0.2) is 34.9 Å². The molecule has 4 heteroatoms. The maximum absolute atomic E-state index is 12.5. The molecule has 0 heterocycles. The maximum atomic E-state index is 12.5. The Morgan fingerprint density at radius 3 is 0.970 bits per heavy atom. The number of carbonyl (C=O) groups is 1. The van der Waals surface area contributed by atoms with Crippen molar-refractivity contribution < 1.29 is 15.0 Å². The summed E-state index contributed by atoms with van der Waals surface area (Å²) < 4.78 is 0. The van der Waals surface area contributed by atoms with E-state index in [0.717, 1.165) is 96.3 Å². The van der Waals surface area contributed by atoms with Gasteiger partial charge in [0.1, 0.15) is 0 Å². The molecule has 0 aliphatic carbocycles. The number of carbonyl (C=O) groups excluding carboxylic acids is 1. The average molecular weight is 913 g/mol. The highest BCUT2D eigenvalue weighted by atomic mass is 16.3. The molecule has 0 aromatic carbocycles. The SMILES string of the molecule is CC/C=C\C/C=C\C/C=C\C/C=C\C/C=C\C/C=C\C/C=C\C/C=C\C/C=C\C/C=C\CCCCC(=O)NC(CO)C(O)CCCCCCCCCCCCCCCCCCCCCCC. The first-order chi connectivity index (χ1) is 32.7. The zero-order chi connectivity index (χ0) is 47.7. The lowest BCUT2D eigenvalue weighted by Crippen LogP contribution is -2.45. The number of rotatable bonds is 49. The lowest BCUT2D eigenvalue weighted by molar-refractivity contribution is -0.123. The number of allylic oxidation sites excluding steroid dienone is 20. The van der Waals surface area contributed by atoms with Gasteiger partial charge in [0.25, 0.3) is 0 Å². The molecule has 66 heavy (non-hydrogen) atoms. The summed E-state index contributed by atoms with van der Waals surface area (Å²) >= 11 is 0. The normalized spacial score (nSPS) is 13.8. The van der Waals surface area contributed by atoms with E-state index < -0.39 is 12.1 Å². The highest BCUT2D eigenvalue weighted by Crippen LogP contribution is 2.16. The first-order valence-electron chi connectivity index (χ1n) is 27.7. The van der Waals surface area contributed by atoms with Crippen LogP contribution in [0, 0.1) is 0 Å². The van der Waals surface area contributed by atoms with Crippen LogP contribution in [0.4, 0.5) is 0 Å². The summed E-state index contributed by atoms with van der Waals surface area (Å²) in [6, 6.07) is -0.570. The van der Waals surface area contributed by atoms with Gasteiger partial charge in [0, 0.05) is 6.42 Å². The molecule has 2 atom stereocenters. The van der Waals surface area contributed by atoms with Crippen LogP contribution in [0.15, 0.2) is 122 Å². The molecule has 0 fully saturated rings. The summed E-state index contributed by atoms with van der Waals surface area (Å²) in [5.74, 6) is -0.0766. The third-order valence-corrected chi connectivity index (χ3v) is 12.0. The molecule has 0 saturated carbocycles. The summed E-state index contributed by atoms with van der Waals surface area (Å²) in [6.07, 6.45) is 86.0. The Kier molecular flexibility index (Phi) is 53.4. The zero-order valence-electron chi connectivity index (χ0n) is 43.2. The van der Waals surface area contributed by atoms with Crippen molar-refractivity contribution in [1.82, 2.24) is 5.32 Å². The van der Waals surface area contributed by atoms with E-state index in [9.17, 15) is 15.0 Å². The van der Waals surface area contributed by atoms with Crippen LogP contribution >= 0.6 is 0 Å². The van der Waals surface area contributed by atoms with E-state index in [4.69, 9.17) is 0 Å². The van der Waals surface area contributed by atoms with Crippen LogP contribution in [-0.2, 0) is 4.79 Å². The number of unbranched alkanes of at least 4 members (excludes halogenated alkanes) is 22. The number of aliphatic hydroxyl groups excluding tert-OH is 2. The summed E-state index contributed by atoms with van der Waals surface area (Å²) in [5, 5.41) is 23.3. The van der Waals surface area contributed by atoms with Gasteiger partial charge in [-0.15, -0.1) is 0 Å². The van der Waals surface area contributed by atoms with Gasteiger partial charge in [-0.05, 0) is 89.9 Å². The highest BCUT2D eigenvalue weighted by molar-refractivity contribution is 5.76. The summed E-state index contributed by atoms with van der Waals surface area (Å²) in [7, 11) is 0. The van der Waals surface area contributed by atoms with Gasteiger partial charge in [-0.25, -0.2) is 0 Å². The number of nitrogens with one attached hydrogen (secondary N) is 1. The van der Waals surface area contributed by atoms with Crippen LogP contribution in [0.5, 0.6) is 0 Å². The topological polar surface area (TPSA) is 69.6 Å². The molecule has 0 bridgehead atoms. The molecule has 0 rings (SSSR count). The van der Waals surface area contributed by atoms with Crippen molar-refractivity contribution in [2.75, 3.05) is 6.61 Å². The van der Waals surface area contributed by atoms with Gasteiger partial charge < -0.3 is 15.5 Å².